The smallest absolute Gasteiger partial charge is 0.326 e. The van der Waals surface area contributed by atoms with Crippen LogP contribution in [-0.4, -0.2) is 35.3 Å². The summed E-state index contributed by atoms with van der Waals surface area (Å²) < 4.78 is 2.67. The molecule has 0 aliphatic carbocycles. The maximum atomic E-state index is 12.1. The van der Waals surface area contributed by atoms with Gasteiger partial charge in [0.15, 0.2) is 0 Å². The molecule has 0 aromatic carbocycles. The largest absolute Gasteiger partial charge is 0.480 e. The summed E-state index contributed by atoms with van der Waals surface area (Å²) in [5, 5.41) is 11.6. The van der Waals surface area contributed by atoms with Gasteiger partial charge in [0.2, 0.25) is 5.91 Å². The molecule has 0 heterocycles. The summed E-state index contributed by atoms with van der Waals surface area (Å²) in [6.45, 7) is 4.22. The molecule has 0 aliphatic rings. The van der Waals surface area contributed by atoms with Crippen molar-refractivity contribution in [3.8, 4) is 0 Å². The van der Waals surface area contributed by atoms with E-state index >= 15 is 0 Å². The Bertz CT molecular complexity index is 326. The second-order valence-corrected chi connectivity index (χ2v) is 5.77. The lowest BCUT2D eigenvalue weighted by molar-refractivity contribution is -0.142. The molecule has 0 radical (unpaired) electrons. The Hall–Kier alpha value is -1.15. The lowest BCUT2D eigenvalue weighted by Crippen LogP contribution is -2.45. The zero-order valence-electron chi connectivity index (χ0n) is 11.9. The number of rotatable bonds is 11. The highest BCUT2D eigenvalue weighted by Gasteiger charge is 2.25. The summed E-state index contributed by atoms with van der Waals surface area (Å²) in [4.78, 5) is 33.3. The molecule has 0 rings (SSSR count). The van der Waals surface area contributed by atoms with Gasteiger partial charge in [-0.2, -0.15) is 0 Å². The van der Waals surface area contributed by atoms with Crippen LogP contribution in [0.25, 0.3) is 0 Å². The van der Waals surface area contributed by atoms with Gasteiger partial charge in [0.25, 0.3) is 0 Å². The van der Waals surface area contributed by atoms with Crippen LogP contribution in [0.2, 0.25) is 0 Å². The molecule has 0 fully saturated rings. The minimum absolute atomic E-state index is 0.157. The van der Waals surface area contributed by atoms with E-state index in [-0.39, 0.29) is 17.6 Å². The average molecular weight is 305 g/mol. The summed E-state index contributed by atoms with van der Waals surface area (Å²) in [6, 6.07) is -0.905. The first-order valence-electron chi connectivity index (χ1n) is 6.60. The molecule has 0 bridgehead atoms. The van der Waals surface area contributed by atoms with E-state index in [2.05, 4.69) is 9.90 Å². The van der Waals surface area contributed by atoms with Crippen LogP contribution in [0.15, 0.2) is 4.58 Å². The standard InChI is InChI=1S/C12H23N3O4S/c1-8(2)6-10(12(17)18)14-11(16)9(4-3-5-13)7-20-15-19/h8-10H,3-7,13H2,1-2H3,(H,14,16)(H,17,18)/t9-,10+/m1/s1. The first kappa shape index (κ1) is 18.9. The monoisotopic (exact) mass is 305 g/mol. The first-order chi connectivity index (χ1) is 9.42. The normalized spacial score (nSPS) is 13.8. The third kappa shape index (κ3) is 8.11. The maximum absolute atomic E-state index is 12.1. The van der Waals surface area contributed by atoms with Crippen molar-refractivity contribution in [2.45, 2.75) is 39.2 Å². The van der Waals surface area contributed by atoms with Crippen LogP contribution in [0.3, 0.4) is 0 Å². The minimum atomic E-state index is -1.05. The molecule has 116 valence electrons. The van der Waals surface area contributed by atoms with Crippen molar-refractivity contribution >= 4 is 23.8 Å². The van der Waals surface area contributed by atoms with Gasteiger partial charge in [-0.25, -0.2) is 4.79 Å². The highest BCUT2D eigenvalue weighted by Crippen LogP contribution is 2.16. The Morgan fingerprint density at radius 1 is 1.40 bits per heavy atom. The Morgan fingerprint density at radius 2 is 2.05 bits per heavy atom. The minimum Gasteiger partial charge on any atom is -0.480 e. The number of nitrogens with two attached hydrogens (primary N) is 1. The van der Waals surface area contributed by atoms with Crippen LogP contribution >= 0.6 is 11.9 Å². The van der Waals surface area contributed by atoms with Gasteiger partial charge >= 0.3 is 5.97 Å². The van der Waals surface area contributed by atoms with Gasteiger partial charge in [-0.15, -0.1) is 4.91 Å². The van der Waals surface area contributed by atoms with Gasteiger partial charge in [0, 0.05) is 28.2 Å². The molecule has 0 saturated carbocycles. The summed E-state index contributed by atoms with van der Waals surface area (Å²) in [5.74, 6) is -1.46. The molecule has 0 aliphatic heterocycles. The predicted octanol–water partition coefficient (Wildman–Crippen LogP) is 1.37. The number of nitroso groups, excluding NO2 is 1. The molecule has 1 amide bonds. The number of amides is 1. The SMILES string of the molecule is CC(C)C[C@H](NC(=O)[C@H](CCCN)CSN=O)C(=O)O. The van der Waals surface area contributed by atoms with Crippen molar-refractivity contribution in [3.63, 3.8) is 0 Å². The summed E-state index contributed by atoms with van der Waals surface area (Å²) in [7, 11) is 0. The Labute approximate surface area is 123 Å². The summed E-state index contributed by atoms with van der Waals surface area (Å²) in [6.07, 6.45) is 1.52. The van der Waals surface area contributed by atoms with Crippen molar-refractivity contribution in [1.29, 1.82) is 0 Å². The molecule has 0 unspecified atom stereocenters. The Morgan fingerprint density at radius 3 is 2.50 bits per heavy atom. The van der Waals surface area contributed by atoms with Gasteiger partial charge in [0.05, 0.1) is 0 Å². The number of carbonyl (C=O) groups excluding carboxylic acids is 1. The number of carboxylic acid groups (broad SMARTS) is 1. The molecular weight excluding hydrogens is 282 g/mol. The number of carboxylic acids is 1. The summed E-state index contributed by atoms with van der Waals surface area (Å²) >= 11 is 0.765. The van der Waals surface area contributed by atoms with Crippen molar-refractivity contribution in [1.82, 2.24) is 5.32 Å². The number of carbonyl (C=O) groups is 2. The zero-order chi connectivity index (χ0) is 15.5. The highest BCUT2D eigenvalue weighted by atomic mass is 32.2. The number of nitrogens with zero attached hydrogens (tertiary/aromatic N) is 1. The third-order valence-corrected chi connectivity index (χ3v) is 3.43. The van der Waals surface area contributed by atoms with Crippen molar-refractivity contribution in [3.05, 3.63) is 4.91 Å². The fourth-order valence-electron chi connectivity index (χ4n) is 1.76. The number of nitrogens with one attached hydrogen (secondary N) is 1. The van der Waals surface area contributed by atoms with E-state index in [0.717, 1.165) is 11.9 Å². The van der Waals surface area contributed by atoms with Gasteiger partial charge < -0.3 is 16.2 Å². The third-order valence-electron chi connectivity index (χ3n) is 2.78. The van der Waals surface area contributed by atoms with E-state index < -0.39 is 17.9 Å². The topological polar surface area (TPSA) is 122 Å². The lowest BCUT2D eigenvalue weighted by atomic mass is 10.0. The summed E-state index contributed by atoms with van der Waals surface area (Å²) in [5.41, 5.74) is 5.40. The van der Waals surface area contributed by atoms with Gasteiger partial charge in [-0.3, -0.25) is 4.79 Å². The van der Waals surface area contributed by atoms with Crippen LogP contribution in [0, 0.1) is 16.7 Å². The first-order valence-corrected chi connectivity index (χ1v) is 7.54. The van der Waals surface area contributed by atoms with Gasteiger partial charge in [-0.05, 0) is 31.7 Å². The molecule has 8 heteroatoms. The number of hydrogen-bond acceptors (Lipinski definition) is 6. The van der Waals surface area contributed by atoms with Gasteiger partial charge in [0.1, 0.15) is 6.04 Å². The van der Waals surface area contributed by atoms with Crippen molar-refractivity contribution in [2.24, 2.45) is 22.2 Å². The molecule has 0 aromatic heterocycles. The molecule has 0 saturated heterocycles. The van der Waals surface area contributed by atoms with E-state index in [1.54, 1.807) is 0 Å². The maximum Gasteiger partial charge on any atom is 0.326 e. The van der Waals surface area contributed by atoms with E-state index in [1.807, 2.05) is 13.8 Å². The predicted molar refractivity (Wildman–Crippen MR) is 79.1 cm³/mol. The molecule has 2 atom stereocenters. The molecule has 7 nitrogen and oxygen atoms in total. The fourth-order valence-corrected chi connectivity index (χ4v) is 2.32. The zero-order valence-corrected chi connectivity index (χ0v) is 12.7. The van der Waals surface area contributed by atoms with Crippen molar-refractivity contribution in [2.75, 3.05) is 12.3 Å². The Kier molecular flexibility index (Phi) is 10.0. The number of aliphatic carboxylic acids is 1. The van der Waals surface area contributed by atoms with E-state index in [4.69, 9.17) is 10.8 Å². The van der Waals surface area contributed by atoms with Crippen LogP contribution in [0.1, 0.15) is 33.1 Å². The van der Waals surface area contributed by atoms with Crippen LogP contribution in [0.5, 0.6) is 0 Å². The van der Waals surface area contributed by atoms with Crippen LogP contribution in [0.4, 0.5) is 0 Å². The lowest BCUT2D eigenvalue weighted by Gasteiger charge is -2.20. The molecule has 0 spiro atoms. The van der Waals surface area contributed by atoms with Crippen LogP contribution in [-0.2, 0) is 9.59 Å². The number of hydrogen-bond donors (Lipinski definition) is 3. The van der Waals surface area contributed by atoms with E-state index in [1.165, 1.54) is 0 Å². The Balaban J connectivity index is 4.59. The second-order valence-electron chi connectivity index (χ2n) is 5.03. The van der Waals surface area contributed by atoms with Crippen molar-refractivity contribution < 1.29 is 14.7 Å². The quantitative estimate of drug-likeness (QED) is 0.391. The molecule has 0 aromatic rings. The molecular formula is C12H23N3O4S. The van der Waals surface area contributed by atoms with E-state index in [0.29, 0.717) is 25.8 Å². The van der Waals surface area contributed by atoms with E-state index in [9.17, 15) is 14.5 Å². The fraction of sp³-hybridized carbons (Fsp3) is 0.833. The van der Waals surface area contributed by atoms with Gasteiger partial charge in [-0.1, -0.05) is 13.8 Å². The molecule has 20 heavy (non-hydrogen) atoms. The average Bonchev–Trinajstić information content (AvgIpc) is 2.37. The van der Waals surface area contributed by atoms with Crippen LogP contribution < -0.4 is 11.1 Å². The second kappa shape index (κ2) is 10.6. The molecule has 4 N–H and O–H groups in total. The highest BCUT2D eigenvalue weighted by molar-refractivity contribution is 7.97.